The molecule has 1 aliphatic heterocycles. The molecule has 0 radical (unpaired) electrons. The quantitative estimate of drug-likeness (QED) is 0.843. The van der Waals surface area contributed by atoms with Crippen molar-refractivity contribution in [1.82, 2.24) is 9.91 Å². The van der Waals surface area contributed by atoms with Crippen LogP contribution in [-0.4, -0.2) is 52.9 Å². The summed E-state index contributed by atoms with van der Waals surface area (Å²) in [6.45, 7) is 0.904. The van der Waals surface area contributed by atoms with Gasteiger partial charge in [0.05, 0.1) is 18.7 Å². The van der Waals surface area contributed by atoms with Gasteiger partial charge in [0.2, 0.25) is 5.91 Å². The number of hydrogen-bond acceptors (Lipinski definition) is 3. The number of hydrazone groups is 1. The zero-order chi connectivity index (χ0) is 13.8. The minimum Gasteiger partial charge on any atom is -0.465 e. The molecule has 2 aliphatic rings. The van der Waals surface area contributed by atoms with E-state index in [1.54, 1.807) is 5.01 Å². The number of carboxylic acid groups (broad SMARTS) is 1. The molecule has 0 aromatic carbocycles. The molecular weight excluding hydrogens is 246 g/mol. The first-order chi connectivity index (χ1) is 9.06. The van der Waals surface area contributed by atoms with Crippen LogP contribution in [0.2, 0.25) is 0 Å². The summed E-state index contributed by atoms with van der Waals surface area (Å²) in [5.41, 5.74) is 0.644. The Kier molecular flexibility index (Phi) is 4.39. The second-order valence-electron chi connectivity index (χ2n) is 5.46. The topological polar surface area (TPSA) is 73.2 Å². The molecule has 6 heteroatoms. The van der Waals surface area contributed by atoms with Crippen LogP contribution in [0.15, 0.2) is 5.10 Å². The summed E-state index contributed by atoms with van der Waals surface area (Å²) in [4.78, 5) is 23.7. The molecule has 0 atom stereocenters. The zero-order valence-corrected chi connectivity index (χ0v) is 11.3. The van der Waals surface area contributed by atoms with Crippen molar-refractivity contribution < 1.29 is 14.7 Å². The Balaban J connectivity index is 1.88. The van der Waals surface area contributed by atoms with Gasteiger partial charge in [0.1, 0.15) is 0 Å². The lowest BCUT2D eigenvalue weighted by molar-refractivity contribution is -0.129. The van der Waals surface area contributed by atoms with Crippen LogP contribution in [0, 0.1) is 5.92 Å². The summed E-state index contributed by atoms with van der Waals surface area (Å²) >= 11 is 0. The smallest absolute Gasteiger partial charge is 0.407 e. The predicted octanol–water partition coefficient (Wildman–Crippen LogP) is 1.76. The third kappa shape index (κ3) is 3.68. The van der Waals surface area contributed by atoms with Gasteiger partial charge in [0.15, 0.2) is 0 Å². The monoisotopic (exact) mass is 267 g/mol. The molecule has 0 bridgehead atoms. The average molecular weight is 267 g/mol. The number of amides is 2. The Labute approximate surface area is 113 Å². The molecule has 2 amide bonds. The van der Waals surface area contributed by atoms with Gasteiger partial charge in [-0.2, -0.15) is 5.10 Å². The molecule has 1 fully saturated rings. The van der Waals surface area contributed by atoms with Gasteiger partial charge >= 0.3 is 6.09 Å². The molecule has 106 valence electrons. The molecule has 6 nitrogen and oxygen atoms in total. The minimum atomic E-state index is -0.999. The lowest BCUT2D eigenvalue weighted by Crippen LogP contribution is -2.30. The second-order valence-corrected chi connectivity index (χ2v) is 5.46. The van der Waals surface area contributed by atoms with Crippen LogP contribution in [0.3, 0.4) is 0 Å². The predicted molar refractivity (Wildman–Crippen MR) is 71.0 cm³/mol. The Morgan fingerprint density at radius 3 is 2.74 bits per heavy atom. The molecule has 0 aromatic rings. The Hall–Kier alpha value is -1.59. The zero-order valence-electron chi connectivity index (χ0n) is 11.3. The van der Waals surface area contributed by atoms with E-state index in [9.17, 15) is 9.59 Å². The van der Waals surface area contributed by atoms with Crippen LogP contribution in [0.4, 0.5) is 4.79 Å². The van der Waals surface area contributed by atoms with Gasteiger partial charge in [-0.15, -0.1) is 0 Å². The van der Waals surface area contributed by atoms with Gasteiger partial charge in [-0.05, 0) is 18.8 Å². The van der Waals surface area contributed by atoms with Crippen molar-refractivity contribution in [1.29, 1.82) is 0 Å². The molecule has 1 heterocycles. The third-order valence-corrected chi connectivity index (χ3v) is 3.81. The SMILES string of the molecule is CN(CC1=NN(CC2CCCCC2)C(=O)C1)C(=O)O. The van der Waals surface area contributed by atoms with E-state index in [1.807, 2.05) is 0 Å². The summed E-state index contributed by atoms with van der Waals surface area (Å²) in [7, 11) is 1.49. The fourth-order valence-corrected chi connectivity index (χ4v) is 2.71. The maximum absolute atomic E-state index is 11.9. The van der Waals surface area contributed by atoms with Crippen LogP contribution < -0.4 is 0 Å². The molecule has 1 saturated carbocycles. The number of rotatable bonds is 4. The highest BCUT2D eigenvalue weighted by atomic mass is 16.4. The standard InChI is InChI=1S/C13H21N3O3/c1-15(13(18)19)9-11-7-12(17)16(14-11)8-10-5-3-2-4-6-10/h10H,2-9H2,1H3,(H,18,19). The Morgan fingerprint density at radius 1 is 1.42 bits per heavy atom. The van der Waals surface area contributed by atoms with Crippen LogP contribution in [-0.2, 0) is 4.79 Å². The molecule has 1 aliphatic carbocycles. The lowest BCUT2D eigenvalue weighted by Gasteiger charge is -2.24. The minimum absolute atomic E-state index is 0.000591. The van der Waals surface area contributed by atoms with Crippen LogP contribution in [0.1, 0.15) is 38.5 Å². The van der Waals surface area contributed by atoms with Crippen molar-refractivity contribution in [2.75, 3.05) is 20.1 Å². The summed E-state index contributed by atoms with van der Waals surface area (Å²) in [5, 5.41) is 14.6. The van der Waals surface area contributed by atoms with Crippen molar-refractivity contribution in [3.05, 3.63) is 0 Å². The molecular formula is C13H21N3O3. The van der Waals surface area contributed by atoms with E-state index >= 15 is 0 Å². The van der Waals surface area contributed by atoms with Gasteiger partial charge in [-0.25, -0.2) is 9.80 Å². The van der Waals surface area contributed by atoms with Gasteiger partial charge in [-0.1, -0.05) is 19.3 Å². The number of nitrogens with zero attached hydrogens (tertiary/aromatic N) is 3. The summed E-state index contributed by atoms with van der Waals surface area (Å²) in [6, 6.07) is 0. The fourth-order valence-electron chi connectivity index (χ4n) is 2.71. The van der Waals surface area contributed by atoms with Gasteiger partial charge < -0.3 is 10.0 Å². The Morgan fingerprint density at radius 2 is 2.11 bits per heavy atom. The average Bonchev–Trinajstić information content (AvgIpc) is 2.71. The number of carbonyl (C=O) groups excluding carboxylic acids is 1. The molecule has 19 heavy (non-hydrogen) atoms. The van der Waals surface area contributed by atoms with E-state index in [0.717, 1.165) is 4.90 Å². The normalized spacial score (nSPS) is 20.6. The van der Waals surface area contributed by atoms with Crippen molar-refractivity contribution in [3.63, 3.8) is 0 Å². The van der Waals surface area contributed by atoms with Crippen LogP contribution in [0.25, 0.3) is 0 Å². The van der Waals surface area contributed by atoms with E-state index in [4.69, 9.17) is 5.11 Å². The second kappa shape index (κ2) is 6.04. The molecule has 0 spiro atoms. The van der Waals surface area contributed by atoms with E-state index in [-0.39, 0.29) is 18.9 Å². The number of hydrogen-bond donors (Lipinski definition) is 1. The largest absolute Gasteiger partial charge is 0.465 e. The molecule has 2 rings (SSSR count). The van der Waals surface area contributed by atoms with E-state index < -0.39 is 6.09 Å². The fraction of sp³-hybridized carbons (Fsp3) is 0.769. The van der Waals surface area contributed by atoms with E-state index in [2.05, 4.69) is 5.10 Å². The number of carbonyl (C=O) groups is 2. The van der Waals surface area contributed by atoms with Crippen molar-refractivity contribution in [2.24, 2.45) is 11.0 Å². The van der Waals surface area contributed by atoms with Gasteiger partial charge in [0, 0.05) is 13.6 Å². The lowest BCUT2D eigenvalue weighted by atomic mass is 9.89. The summed E-state index contributed by atoms with van der Waals surface area (Å²) in [5.74, 6) is 0.553. The maximum Gasteiger partial charge on any atom is 0.407 e. The van der Waals surface area contributed by atoms with Crippen LogP contribution in [0.5, 0.6) is 0 Å². The van der Waals surface area contributed by atoms with E-state index in [1.165, 1.54) is 39.2 Å². The molecule has 0 unspecified atom stereocenters. The van der Waals surface area contributed by atoms with Gasteiger partial charge in [-0.3, -0.25) is 4.79 Å². The molecule has 0 saturated heterocycles. The first-order valence-electron chi connectivity index (χ1n) is 6.87. The maximum atomic E-state index is 11.9. The highest BCUT2D eigenvalue weighted by Gasteiger charge is 2.27. The first-order valence-corrected chi connectivity index (χ1v) is 6.87. The molecule has 0 aromatic heterocycles. The summed E-state index contributed by atoms with van der Waals surface area (Å²) < 4.78 is 0. The first kappa shape index (κ1) is 13.8. The van der Waals surface area contributed by atoms with Crippen molar-refractivity contribution in [2.45, 2.75) is 38.5 Å². The van der Waals surface area contributed by atoms with E-state index in [0.29, 0.717) is 18.2 Å². The van der Waals surface area contributed by atoms with Gasteiger partial charge in [0.25, 0.3) is 0 Å². The third-order valence-electron chi connectivity index (χ3n) is 3.81. The highest BCUT2D eigenvalue weighted by Crippen LogP contribution is 2.25. The molecule has 1 N–H and O–H groups in total. The van der Waals surface area contributed by atoms with Crippen molar-refractivity contribution >= 4 is 17.7 Å². The van der Waals surface area contributed by atoms with Crippen LogP contribution >= 0.6 is 0 Å². The Bertz CT molecular complexity index is 389. The highest BCUT2D eigenvalue weighted by molar-refractivity contribution is 6.06. The van der Waals surface area contributed by atoms with Crippen molar-refractivity contribution in [3.8, 4) is 0 Å². The summed E-state index contributed by atoms with van der Waals surface area (Å²) in [6.07, 6.45) is 5.37.